The van der Waals surface area contributed by atoms with Crippen LogP contribution >= 0.6 is 11.8 Å². The van der Waals surface area contributed by atoms with Crippen LogP contribution in [0.25, 0.3) is 22.7 Å². The number of carbonyl (C=O) groups excluding carboxylic acids is 1. The lowest BCUT2D eigenvalue weighted by Gasteiger charge is -2.10. The fourth-order valence-electron chi connectivity index (χ4n) is 3.68. The van der Waals surface area contributed by atoms with E-state index in [1.807, 2.05) is 72.3 Å². The molecule has 0 atom stereocenters. The number of halogens is 1. The average molecular weight is 466 g/mol. The number of aryl methyl sites for hydroxylation is 1. The molecule has 2 heterocycles. The van der Waals surface area contributed by atoms with Gasteiger partial charge in [0.15, 0.2) is 5.78 Å². The van der Waals surface area contributed by atoms with Crippen LogP contribution in [0.5, 0.6) is 0 Å². The molecule has 6 heteroatoms. The highest BCUT2D eigenvalue weighted by atomic mass is 32.2. The molecule has 4 nitrogen and oxygen atoms in total. The molecule has 0 aliphatic rings. The van der Waals surface area contributed by atoms with Crippen molar-refractivity contribution in [3.8, 4) is 5.69 Å². The fourth-order valence-corrected chi connectivity index (χ4v) is 4.87. The van der Waals surface area contributed by atoms with Crippen LogP contribution < -0.4 is 0 Å². The third-order valence-electron chi connectivity index (χ3n) is 5.40. The molecule has 0 saturated heterocycles. The van der Waals surface area contributed by atoms with E-state index in [0.717, 1.165) is 37.8 Å². The lowest BCUT2D eigenvalue weighted by molar-refractivity contribution is 0.104. The van der Waals surface area contributed by atoms with Gasteiger partial charge in [0, 0.05) is 27.6 Å². The zero-order valence-electron chi connectivity index (χ0n) is 18.4. The summed E-state index contributed by atoms with van der Waals surface area (Å²) in [6.45, 7) is 1.92. The first-order chi connectivity index (χ1) is 16.6. The van der Waals surface area contributed by atoms with Crippen molar-refractivity contribution in [3.63, 3.8) is 0 Å². The van der Waals surface area contributed by atoms with E-state index in [1.165, 1.54) is 30.3 Å². The molecule has 0 N–H and O–H groups in total. The molecule has 0 radical (unpaired) electrons. The number of pyridine rings is 1. The number of fused-ring (bicyclic) bond motifs is 1. The molecule has 5 rings (SSSR count). The van der Waals surface area contributed by atoms with Crippen molar-refractivity contribution in [1.82, 2.24) is 14.8 Å². The third kappa shape index (κ3) is 4.40. The van der Waals surface area contributed by atoms with Crippen molar-refractivity contribution < 1.29 is 9.18 Å². The second kappa shape index (κ2) is 9.45. The molecular weight excluding hydrogens is 445 g/mol. The van der Waals surface area contributed by atoms with Gasteiger partial charge in [0.25, 0.3) is 0 Å². The van der Waals surface area contributed by atoms with Crippen molar-refractivity contribution in [3.05, 3.63) is 120 Å². The fraction of sp³-hybridized carbons (Fsp3) is 0.0357. The quantitative estimate of drug-likeness (QED) is 0.202. The maximum Gasteiger partial charge on any atom is 0.185 e. The molecule has 0 aliphatic carbocycles. The van der Waals surface area contributed by atoms with Crippen molar-refractivity contribution in [2.75, 3.05) is 0 Å². The Kier molecular flexibility index (Phi) is 6.06. The molecule has 2 aromatic heterocycles. The molecule has 3 aromatic carbocycles. The van der Waals surface area contributed by atoms with Gasteiger partial charge in [-0.1, -0.05) is 48.2 Å². The van der Waals surface area contributed by atoms with Crippen molar-refractivity contribution in [2.24, 2.45) is 0 Å². The summed E-state index contributed by atoms with van der Waals surface area (Å²) >= 11 is 1.56. The Bertz CT molecular complexity index is 1500. The molecular formula is C28H20FN3OS. The average Bonchev–Trinajstić information content (AvgIpc) is 3.18. The van der Waals surface area contributed by atoms with Crippen molar-refractivity contribution in [2.45, 2.75) is 16.8 Å². The highest BCUT2D eigenvalue weighted by Gasteiger charge is 2.18. The zero-order chi connectivity index (χ0) is 23.5. The summed E-state index contributed by atoms with van der Waals surface area (Å²) < 4.78 is 15.1. The number of hydrogen-bond acceptors (Lipinski definition) is 4. The summed E-state index contributed by atoms with van der Waals surface area (Å²) in [4.78, 5) is 18.3. The standard InChI is InChI=1S/C28H20FN3OS/c1-19-24(16-17-25(33)20-12-14-22(29)15-13-20)28(32(31-19)23-9-3-2-4-10-23)34-26-11-5-7-21-8-6-18-30-27(21)26/h2-18H,1H3/b17-16+. The maximum atomic E-state index is 13.2. The molecule has 0 bridgehead atoms. The zero-order valence-corrected chi connectivity index (χ0v) is 19.2. The van der Waals surface area contributed by atoms with Gasteiger partial charge in [-0.25, -0.2) is 9.07 Å². The van der Waals surface area contributed by atoms with E-state index in [4.69, 9.17) is 5.10 Å². The van der Waals surface area contributed by atoms with Crippen LogP contribution in [-0.2, 0) is 0 Å². The normalized spacial score (nSPS) is 11.4. The Morgan fingerprint density at radius 3 is 2.50 bits per heavy atom. The Balaban J connectivity index is 1.59. The van der Waals surface area contributed by atoms with Crippen LogP contribution in [0.15, 0.2) is 107 Å². The van der Waals surface area contributed by atoms with Crippen LogP contribution in [0.2, 0.25) is 0 Å². The van der Waals surface area contributed by atoms with Crippen LogP contribution in [-0.4, -0.2) is 20.5 Å². The number of carbonyl (C=O) groups is 1. The number of ketones is 1. The molecule has 0 fully saturated rings. The van der Waals surface area contributed by atoms with E-state index in [0.29, 0.717) is 5.56 Å². The minimum absolute atomic E-state index is 0.199. The first kappa shape index (κ1) is 21.8. The topological polar surface area (TPSA) is 47.8 Å². The summed E-state index contributed by atoms with van der Waals surface area (Å²) in [5.41, 5.74) is 3.90. The van der Waals surface area contributed by atoms with E-state index >= 15 is 0 Å². The summed E-state index contributed by atoms with van der Waals surface area (Å²) in [5, 5.41) is 6.72. The van der Waals surface area contributed by atoms with Gasteiger partial charge >= 0.3 is 0 Å². The minimum atomic E-state index is -0.372. The van der Waals surface area contributed by atoms with Gasteiger partial charge in [-0.2, -0.15) is 5.10 Å². The number of allylic oxidation sites excluding steroid dienone is 1. The largest absolute Gasteiger partial charge is 0.289 e. The van der Waals surface area contributed by atoms with E-state index in [-0.39, 0.29) is 11.6 Å². The number of nitrogens with zero attached hydrogens (tertiary/aromatic N) is 3. The van der Waals surface area contributed by atoms with Crippen LogP contribution in [0, 0.1) is 12.7 Å². The summed E-state index contributed by atoms with van der Waals surface area (Å²) in [5.74, 6) is -0.572. The van der Waals surface area contributed by atoms with Crippen LogP contribution in [0.4, 0.5) is 4.39 Å². The van der Waals surface area contributed by atoms with E-state index in [1.54, 1.807) is 24.0 Å². The van der Waals surface area contributed by atoms with Gasteiger partial charge in [-0.3, -0.25) is 9.78 Å². The molecule has 0 aliphatic heterocycles. The van der Waals surface area contributed by atoms with Crippen LogP contribution in [0.3, 0.4) is 0 Å². The Labute approximate surface area is 200 Å². The SMILES string of the molecule is Cc1nn(-c2ccccc2)c(Sc2cccc3cccnc23)c1/C=C/C(=O)c1ccc(F)cc1. The monoisotopic (exact) mass is 465 g/mol. The van der Waals surface area contributed by atoms with Gasteiger partial charge in [-0.05, 0) is 67.6 Å². The lowest BCUT2D eigenvalue weighted by Crippen LogP contribution is -1.98. The predicted molar refractivity (Wildman–Crippen MR) is 134 cm³/mol. The van der Waals surface area contributed by atoms with E-state index in [2.05, 4.69) is 4.98 Å². The second-order valence-electron chi connectivity index (χ2n) is 7.69. The highest BCUT2D eigenvalue weighted by Crippen LogP contribution is 2.37. The third-order valence-corrected chi connectivity index (χ3v) is 6.53. The maximum absolute atomic E-state index is 13.2. The van der Waals surface area contributed by atoms with E-state index < -0.39 is 0 Å². The summed E-state index contributed by atoms with van der Waals surface area (Å²) in [6.07, 6.45) is 5.08. The lowest BCUT2D eigenvalue weighted by atomic mass is 10.1. The van der Waals surface area contributed by atoms with Crippen molar-refractivity contribution >= 4 is 34.5 Å². The molecule has 0 unspecified atom stereocenters. The van der Waals surface area contributed by atoms with Gasteiger partial charge in [0.05, 0.1) is 16.9 Å². The Hall–Kier alpha value is -4.03. The number of hydrogen-bond donors (Lipinski definition) is 0. The minimum Gasteiger partial charge on any atom is -0.289 e. The Morgan fingerprint density at radius 1 is 0.941 bits per heavy atom. The van der Waals surface area contributed by atoms with Crippen molar-refractivity contribution in [1.29, 1.82) is 0 Å². The number of benzene rings is 3. The first-order valence-electron chi connectivity index (χ1n) is 10.7. The Morgan fingerprint density at radius 2 is 1.71 bits per heavy atom. The molecule has 34 heavy (non-hydrogen) atoms. The van der Waals surface area contributed by atoms with E-state index in [9.17, 15) is 9.18 Å². The van der Waals surface area contributed by atoms with Crippen LogP contribution in [0.1, 0.15) is 21.6 Å². The number of aromatic nitrogens is 3. The van der Waals surface area contributed by atoms with Gasteiger partial charge < -0.3 is 0 Å². The van der Waals surface area contributed by atoms with Gasteiger partial charge in [0.1, 0.15) is 10.8 Å². The molecule has 0 saturated carbocycles. The van der Waals surface area contributed by atoms with Gasteiger partial charge in [-0.15, -0.1) is 0 Å². The summed E-state index contributed by atoms with van der Waals surface area (Å²) in [7, 11) is 0. The van der Waals surface area contributed by atoms with Gasteiger partial charge in [0.2, 0.25) is 0 Å². The summed E-state index contributed by atoms with van der Waals surface area (Å²) in [6, 6.07) is 25.5. The first-order valence-corrected chi connectivity index (χ1v) is 11.6. The number of rotatable bonds is 6. The molecule has 166 valence electrons. The second-order valence-corrected chi connectivity index (χ2v) is 8.72. The molecule has 0 spiro atoms. The highest BCUT2D eigenvalue weighted by molar-refractivity contribution is 7.99. The smallest absolute Gasteiger partial charge is 0.185 e. The predicted octanol–water partition coefficient (Wildman–Crippen LogP) is 6.92. The molecule has 0 amide bonds. The molecule has 5 aromatic rings. The number of para-hydroxylation sites is 2.